The summed E-state index contributed by atoms with van der Waals surface area (Å²) in [5.41, 5.74) is 12.6. The number of nitrogens with two attached hydrogens (primary N) is 2. The van der Waals surface area contributed by atoms with Crippen molar-refractivity contribution in [3.8, 4) is 0 Å². The number of amides is 1. The molecule has 2 atom stereocenters. The van der Waals surface area contributed by atoms with Crippen molar-refractivity contribution < 1.29 is 38.8 Å². The summed E-state index contributed by atoms with van der Waals surface area (Å²) in [6, 6.07) is 11.9. The Balaban J connectivity index is 1.17. The molecule has 264 valence electrons. The van der Waals surface area contributed by atoms with Gasteiger partial charge >= 0.3 is 5.97 Å². The first-order chi connectivity index (χ1) is 24.2. The van der Waals surface area contributed by atoms with Gasteiger partial charge in [0.15, 0.2) is 35.6 Å². The zero-order valence-electron chi connectivity index (χ0n) is 27.6. The lowest BCUT2D eigenvalue weighted by molar-refractivity contribution is -0.687. The first kappa shape index (κ1) is 35.3. The number of anilines is 1. The van der Waals surface area contributed by atoms with Gasteiger partial charge in [-0.3, -0.25) is 19.9 Å². The molecule has 51 heavy (non-hydrogen) atoms. The lowest BCUT2D eigenvalue weighted by Crippen LogP contribution is -2.63. The Kier molecular flexibility index (Phi) is 9.68. The Morgan fingerprint density at radius 2 is 1.92 bits per heavy atom. The number of aliphatic carboxylic acids is 2. The standard InChI is InChI=1S/C34H34N8O7S2/c1-34(2,32(47)48)49-39-27(23-17-51-33(37)38-23)25(43)12-22-29(44)42-28(31(45)46)21(16-50-30(22)42)15-40-9-8-24-20(14-40)7-10-41(24)13-19-5-3-18(4-6-19)11-26(35)36/h3-10,14,17,22,30H,11-13,15-16H2,1-2H3,(H6-,35,36,37,38,45,46,47,48)/b39-27-/t22-,30-/m1/s1. The third kappa shape index (κ3) is 7.34. The first-order valence-electron chi connectivity index (χ1n) is 15.7. The molecule has 2 aliphatic rings. The number of thiazole rings is 1. The van der Waals surface area contributed by atoms with Crippen molar-refractivity contribution in [1.29, 1.82) is 5.41 Å². The molecule has 0 radical (unpaired) electrons. The fourth-order valence-electron chi connectivity index (χ4n) is 5.89. The average Bonchev–Trinajstić information content (AvgIpc) is 3.69. The lowest BCUT2D eigenvalue weighted by atomic mass is 9.89. The molecule has 1 amide bonds. The van der Waals surface area contributed by atoms with E-state index in [1.807, 2.05) is 59.6 Å². The number of Topliss-reactive ketones (excluding diaryl/α,β-unsaturated/α-hetero) is 1. The number of β-lactam (4-membered cyclic amide) rings is 1. The van der Waals surface area contributed by atoms with Crippen LogP contribution in [0.4, 0.5) is 5.13 Å². The fraction of sp³-hybridized carbons (Fsp3) is 0.294. The molecule has 0 bridgehead atoms. The number of hydrogen-bond donors (Lipinski definition) is 4. The summed E-state index contributed by atoms with van der Waals surface area (Å²) in [5.74, 6) is -4.44. The second-order valence-corrected chi connectivity index (χ2v) is 14.7. The van der Waals surface area contributed by atoms with Crippen LogP contribution in [0.3, 0.4) is 0 Å². The van der Waals surface area contributed by atoms with Crippen LogP contribution in [-0.4, -0.2) is 71.5 Å². The number of carboxylic acid groups (broad SMARTS) is 2. The molecular formula is C34H34N8O7S2. The molecule has 2 aliphatic heterocycles. The normalized spacial score (nSPS) is 17.6. The highest BCUT2D eigenvalue weighted by molar-refractivity contribution is 8.00. The maximum Gasteiger partial charge on any atom is 0.350 e. The van der Waals surface area contributed by atoms with Crippen molar-refractivity contribution in [2.45, 2.75) is 50.8 Å². The summed E-state index contributed by atoms with van der Waals surface area (Å²) in [4.78, 5) is 61.3. The molecule has 15 nitrogen and oxygen atoms in total. The number of benzene rings is 1. The minimum absolute atomic E-state index is 0.0744. The van der Waals surface area contributed by atoms with Crippen LogP contribution in [0.2, 0.25) is 0 Å². The molecule has 0 saturated carbocycles. The molecule has 6 rings (SSSR count). The lowest BCUT2D eigenvalue weighted by Gasteiger charge is -2.50. The Bertz CT molecular complexity index is 2140. The fourth-order valence-corrected chi connectivity index (χ4v) is 7.84. The van der Waals surface area contributed by atoms with E-state index in [-0.39, 0.29) is 46.8 Å². The van der Waals surface area contributed by atoms with Crippen LogP contribution < -0.4 is 21.1 Å². The van der Waals surface area contributed by atoms with Gasteiger partial charge in [0.25, 0.3) is 0 Å². The molecule has 6 N–H and O–H groups in total. The number of pyridine rings is 1. The number of amidine groups is 1. The molecule has 0 spiro atoms. The van der Waals surface area contributed by atoms with Crippen LogP contribution in [0.15, 0.2) is 76.8 Å². The average molecular weight is 731 g/mol. The van der Waals surface area contributed by atoms with Gasteiger partial charge in [0.2, 0.25) is 11.5 Å². The maximum atomic E-state index is 13.5. The second-order valence-electron chi connectivity index (χ2n) is 12.7. The van der Waals surface area contributed by atoms with E-state index in [1.165, 1.54) is 35.9 Å². The monoisotopic (exact) mass is 730 g/mol. The van der Waals surface area contributed by atoms with Crippen LogP contribution in [0.1, 0.15) is 37.1 Å². The zero-order chi connectivity index (χ0) is 36.6. The van der Waals surface area contributed by atoms with E-state index in [9.17, 15) is 29.4 Å². The minimum atomic E-state index is -1.75. The van der Waals surface area contributed by atoms with Gasteiger partial charge in [-0.2, -0.15) is 0 Å². The van der Waals surface area contributed by atoms with Gasteiger partial charge in [0.1, 0.15) is 5.69 Å². The smallest absolute Gasteiger partial charge is 0.350 e. The van der Waals surface area contributed by atoms with Crippen molar-refractivity contribution in [3.05, 3.63) is 88.5 Å². The van der Waals surface area contributed by atoms with Crippen LogP contribution in [0, 0.1) is 11.3 Å². The van der Waals surface area contributed by atoms with E-state index in [4.69, 9.17) is 21.7 Å². The SMILES string of the molecule is CC(C)(O/N=C(\C(=O)C[C@@H]1C(=O)N2C(C(=O)[O-])=C(C[n+]3ccc4c(ccn4Cc4ccc(CC(=N)N)cc4)c3)CS[C@H]12)c1csc(N)n1)C(=O)O. The first-order valence-corrected chi connectivity index (χ1v) is 17.7. The van der Waals surface area contributed by atoms with Crippen molar-refractivity contribution in [2.75, 3.05) is 11.5 Å². The van der Waals surface area contributed by atoms with Crippen molar-refractivity contribution in [2.24, 2.45) is 16.8 Å². The summed E-state index contributed by atoms with van der Waals surface area (Å²) < 4.78 is 3.96. The third-order valence-corrected chi connectivity index (χ3v) is 10.6. The number of hydrogen-bond acceptors (Lipinski definition) is 12. The number of carboxylic acids is 2. The predicted molar refractivity (Wildman–Crippen MR) is 187 cm³/mol. The molecule has 4 aromatic rings. The van der Waals surface area contributed by atoms with E-state index >= 15 is 0 Å². The predicted octanol–water partition coefficient (Wildman–Crippen LogP) is 1.27. The highest BCUT2D eigenvalue weighted by Crippen LogP contribution is 2.45. The number of carbonyl (C=O) groups excluding carboxylic acids is 3. The molecular weight excluding hydrogens is 697 g/mol. The second kappa shape index (κ2) is 14.0. The van der Waals surface area contributed by atoms with Gasteiger partial charge < -0.3 is 35.9 Å². The van der Waals surface area contributed by atoms with Crippen LogP contribution >= 0.6 is 23.1 Å². The van der Waals surface area contributed by atoms with E-state index in [0.29, 0.717) is 18.5 Å². The topological polar surface area (TPSA) is 234 Å². The van der Waals surface area contributed by atoms with Crippen LogP contribution in [-0.2, 0) is 43.5 Å². The van der Waals surface area contributed by atoms with Crippen LogP contribution in [0.5, 0.6) is 0 Å². The number of rotatable bonds is 14. The molecule has 0 aliphatic carbocycles. The minimum Gasteiger partial charge on any atom is -0.543 e. The number of nitrogen functional groups attached to an aromatic ring is 1. The van der Waals surface area contributed by atoms with E-state index in [1.54, 1.807) is 0 Å². The highest BCUT2D eigenvalue weighted by atomic mass is 32.2. The summed E-state index contributed by atoms with van der Waals surface area (Å²) in [5, 5.41) is 35.1. The molecule has 5 heterocycles. The Morgan fingerprint density at radius 3 is 2.57 bits per heavy atom. The van der Waals surface area contributed by atoms with Gasteiger partial charge in [-0.05, 0) is 31.0 Å². The van der Waals surface area contributed by atoms with Gasteiger partial charge in [-0.15, -0.1) is 23.1 Å². The summed E-state index contributed by atoms with van der Waals surface area (Å²) in [6.45, 7) is 3.36. The van der Waals surface area contributed by atoms with E-state index in [0.717, 1.165) is 33.4 Å². The van der Waals surface area contributed by atoms with Crippen LogP contribution in [0.25, 0.3) is 10.9 Å². The van der Waals surface area contributed by atoms with Crippen molar-refractivity contribution in [3.63, 3.8) is 0 Å². The number of oxime groups is 1. The summed E-state index contributed by atoms with van der Waals surface area (Å²) >= 11 is 2.39. The molecule has 1 aromatic carbocycles. The molecule has 1 saturated heterocycles. The largest absolute Gasteiger partial charge is 0.543 e. The number of thioether (sulfide) groups is 1. The maximum absolute atomic E-state index is 13.5. The number of ketones is 1. The van der Waals surface area contributed by atoms with E-state index in [2.05, 4.69) is 14.7 Å². The van der Waals surface area contributed by atoms with Crippen molar-refractivity contribution >= 4 is 74.3 Å². The highest BCUT2D eigenvalue weighted by Gasteiger charge is 2.53. The van der Waals surface area contributed by atoms with Gasteiger partial charge in [-0.25, -0.2) is 14.3 Å². The van der Waals surface area contributed by atoms with Crippen molar-refractivity contribution in [1.82, 2.24) is 14.5 Å². The summed E-state index contributed by atoms with van der Waals surface area (Å²) in [7, 11) is 0. The molecule has 17 heteroatoms. The Hall–Kier alpha value is -5.55. The van der Waals surface area contributed by atoms with Gasteiger partial charge in [0.05, 0.1) is 39.7 Å². The van der Waals surface area contributed by atoms with Gasteiger partial charge in [0, 0.05) is 48.4 Å². The Morgan fingerprint density at radius 1 is 1.20 bits per heavy atom. The Labute approximate surface area is 299 Å². The third-order valence-electron chi connectivity index (χ3n) is 8.58. The van der Waals surface area contributed by atoms with Gasteiger partial charge in [-0.1, -0.05) is 29.4 Å². The number of fused-ring (bicyclic) bond motifs is 2. The zero-order valence-corrected chi connectivity index (χ0v) is 29.2. The number of nitrogens with one attached hydrogen (secondary N) is 1. The molecule has 0 unspecified atom stereocenters. The number of aromatic nitrogens is 3. The molecule has 1 fully saturated rings. The number of carbonyl (C=O) groups is 4. The molecule has 3 aromatic heterocycles. The van der Waals surface area contributed by atoms with E-state index < -0.39 is 40.5 Å². The number of nitrogens with zero attached hydrogens (tertiary/aromatic N) is 5. The summed E-state index contributed by atoms with van der Waals surface area (Å²) in [6.07, 6.45) is 5.81. The quantitative estimate of drug-likeness (QED) is 0.0474.